The summed E-state index contributed by atoms with van der Waals surface area (Å²) in [5, 5.41) is 0. The summed E-state index contributed by atoms with van der Waals surface area (Å²) in [7, 11) is -3.47. The van der Waals surface area contributed by atoms with E-state index in [4.69, 9.17) is 5.73 Å². The average molecular weight is 349 g/mol. The Morgan fingerprint density at radius 2 is 2.05 bits per heavy atom. The molecule has 0 aliphatic heterocycles. The zero-order valence-corrected chi connectivity index (χ0v) is 13.7. The van der Waals surface area contributed by atoms with E-state index < -0.39 is 10.0 Å². The van der Waals surface area contributed by atoms with E-state index in [2.05, 4.69) is 34.5 Å². The molecular formula is C13H21BrN2O2S. The summed E-state index contributed by atoms with van der Waals surface area (Å²) in [4.78, 5) is 0.250. The van der Waals surface area contributed by atoms with Crippen molar-refractivity contribution >= 4 is 26.0 Å². The van der Waals surface area contributed by atoms with E-state index in [-0.39, 0.29) is 4.90 Å². The Kier molecular flexibility index (Phi) is 6.46. The first-order valence-corrected chi connectivity index (χ1v) is 8.62. The molecule has 0 saturated heterocycles. The van der Waals surface area contributed by atoms with Crippen molar-refractivity contribution in [2.75, 3.05) is 6.54 Å². The normalized spacial score (nSPS) is 12.1. The van der Waals surface area contributed by atoms with Crippen LogP contribution in [0.4, 0.5) is 0 Å². The highest BCUT2D eigenvalue weighted by Crippen LogP contribution is 2.23. The molecule has 3 N–H and O–H groups in total. The Morgan fingerprint density at radius 3 is 2.63 bits per heavy atom. The number of hydrogen-bond acceptors (Lipinski definition) is 3. The predicted octanol–water partition coefficient (Wildman–Crippen LogP) is 2.62. The molecule has 0 bridgehead atoms. The van der Waals surface area contributed by atoms with Crippen molar-refractivity contribution in [2.45, 2.75) is 38.1 Å². The maximum atomic E-state index is 12.2. The zero-order chi connectivity index (χ0) is 14.5. The lowest BCUT2D eigenvalue weighted by Gasteiger charge is -2.10. The summed E-state index contributed by atoms with van der Waals surface area (Å²) in [6.07, 6.45) is 1.84. The fourth-order valence-electron chi connectivity index (χ4n) is 1.68. The van der Waals surface area contributed by atoms with E-state index in [0.717, 1.165) is 18.4 Å². The second kappa shape index (κ2) is 7.38. The molecule has 0 atom stereocenters. The molecule has 0 unspecified atom stereocenters. The van der Waals surface area contributed by atoms with Crippen LogP contribution in [0.5, 0.6) is 0 Å². The van der Waals surface area contributed by atoms with E-state index in [1.165, 1.54) is 0 Å². The standard InChI is InChI=1S/C13H21BrN2O2S/c1-10(2)4-3-7-16-19(17,18)13-8-11(9-15)5-6-12(13)14/h5-6,8,10,16H,3-4,7,9,15H2,1-2H3. The van der Waals surface area contributed by atoms with Crippen LogP contribution in [0.25, 0.3) is 0 Å². The Balaban J connectivity index is 2.77. The van der Waals surface area contributed by atoms with Crippen LogP contribution in [0.1, 0.15) is 32.3 Å². The maximum absolute atomic E-state index is 12.2. The van der Waals surface area contributed by atoms with Crippen molar-refractivity contribution in [1.29, 1.82) is 0 Å². The van der Waals surface area contributed by atoms with Gasteiger partial charge in [-0.2, -0.15) is 0 Å². The Hall–Kier alpha value is -0.430. The summed E-state index contributed by atoms with van der Waals surface area (Å²) in [6.45, 7) is 5.02. The topological polar surface area (TPSA) is 72.2 Å². The first-order valence-electron chi connectivity index (χ1n) is 6.35. The van der Waals surface area contributed by atoms with Gasteiger partial charge in [-0.15, -0.1) is 0 Å². The van der Waals surface area contributed by atoms with Crippen molar-refractivity contribution < 1.29 is 8.42 Å². The van der Waals surface area contributed by atoms with Gasteiger partial charge in [0.05, 0.1) is 4.90 Å². The lowest BCUT2D eigenvalue weighted by molar-refractivity contribution is 0.539. The van der Waals surface area contributed by atoms with Crippen LogP contribution < -0.4 is 10.5 Å². The quantitative estimate of drug-likeness (QED) is 0.744. The Morgan fingerprint density at radius 1 is 1.37 bits per heavy atom. The van der Waals surface area contributed by atoms with Gasteiger partial charge in [0.2, 0.25) is 10.0 Å². The van der Waals surface area contributed by atoms with Gasteiger partial charge in [-0.05, 0) is 52.4 Å². The highest BCUT2D eigenvalue weighted by molar-refractivity contribution is 9.10. The molecule has 108 valence electrons. The van der Waals surface area contributed by atoms with Gasteiger partial charge in [0.25, 0.3) is 0 Å². The van der Waals surface area contributed by atoms with Gasteiger partial charge in [0.15, 0.2) is 0 Å². The molecule has 1 rings (SSSR count). The Bertz CT molecular complexity index is 515. The molecule has 19 heavy (non-hydrogen) atoms. The zero-order valence-electron chi connectivity index (χ0n) is 11.3. The highest BCUT2D eigenvalue weighted by atomic mass is 79.9. The lowest BCUT2D eigenvalue weighted by Crippen LogP contribution is -2.25. The number of hydrogen-bond donors (Lipinski definition) is 2. The first-order chi connectivity index (χ1) is 8.86. The van der Waals surface area contributed by atoms with E-state index in [1.54, 1.807) is 12.1 Å². The molecule has 0 amide bonds. The minimum atomic E-state index is -3.47. The van der Waals surface area contributed by atoms with Crippen LogP contribution >= 0.6 is 15.9 Å². The van der Waals surface area contributed by atoms with Crippen LogP contribution in [-0.2, 0) is 16.6 Å². The number of nitrogens with two attached hydrogens (primary N) is 1. The number of nitrogens with one attached hydrogen (secondary N) is 1. The molecule has 0 fully saturated rings. The molecule has 0 heterocycles. The average Bonchev–Trinajstić information content (AvgIpc) is 2.35. The molecular weight excluding hydrogens is 328 g/mol. The van der Waals surface area contributed by atoms with E-state index in [9.17, 15) is 8.42 Å². The number of halogens is 1. The summed E-state index contributed by atoms with van der Waals surface area (Å²) in [5.41, 5.74) is 6.33. The molecule has 6 heteroatoms. The lowest BCUT2D eigenvalue weighted by atomic mass is 10.1. The molecule has 0 saturated carbocycles. The summed E-state index contributed by atoms with van der Waals surface area (Å²) in [6, 6.07) is 5.13. The number of benzene rings is 1. The van der Waals surface area contributed by atoms with E-state index in [1.807, 2.05) is 6.07 Å². The molecule has 0 aromatic heterocycles. The third kappa shape index (κ3) is 5.22. The maximum Gasteiger partial charge on any atom is 0.241 e. The summed E-state index contributed by atoms with van der Waals surface area (Å²) in [5.74, 6) is 0.580. The van der Waals surface area contributed by atoms with Crippen LogP contribution in [-0.4, -0.2) is 15.0 Å². The fraction of sp³-hybridized carbons (Fsp3) is 0.538. The third-order valence-corrected chi connectivity index (χ3v) is 5.23. The molecule has 4 nitrogen and oxygen atoms in total. The van der Waals surface area contributed by atoms with Crippen molar-refractivity contribution in [1.82, 2.24) is 4.72 Å². The van der Waals surface area contributed by atoms with Gasteiger partial charge >= 0.3 is 0 Å². The van der Waals surface area contributed by atoms with Crippen molar-refractivity contribution in [2.24, 2.45) is 11.7 Å². The van der Waals surface area contributed by atoms with Crippen LogP contribution in [0.2, 0.25) is 0 Å². The summed E-state index contributed by atoms with van der Waals surface area (Å²) < 4.78 is 27.5. The molecule has 0 aliphatic carbocycles. The van der Waals surface area contributed by atoms with E-state index >= 15 is 0 Å². The minimum Gasteiger partial charge on any atom is -0.326 e. The Labute approximate surface area is 124 Å². The van der Waals surface area contributed by atoms with Gasteiger partial charge in [-0.25, -0.2) is 13.1 Å². The van der Waals surface area contributed by atoms with Gasteiger partial charge in [0.1, 0.15) is 0 Å². The second-order valence-electron chi connectivity index (χ2n) is 4.90. The van der Waals surface area contributed by atoms with Gasteiger partial charge in [0, 0.05) is 17.6 Å². The van der Waals surface area contributed by atoms with Gasteiger partial charge in [-0.1, -0.05) is 19.9 Å². The molecule has 0 aliphatic rings. The third-order valence-electron chi connectivity index (χ3n) is 2.77. The van der Waals surface area contributed by atoms with Crippen LogP contribution in [0.15, 0.2) is 27.6 Å². The minimum absolute atomic E-state index is 0.250. The van der Waals surface area contributed by atoms with Gasteiger partial charge < -0.3 is 5.73 Å². The van der Waals surface area contributed by atoms with Crippen molar-refractivity contribution in [3.63, 3.8) is 0 Å². The second-order valence-corrected chi connectivity index (χ2v) is 7.49. The number of rotatable bonds is 7. The largest absolute Gasteiger partial charge is 0.326 e. The van der Waals surface area contributed by atoms with Gasteiger partial charge in [-0.3, -0.25) is 0 Å². The SMILES string of the molecule is CC(C)CCCNS(=O)(=O)c1cc(CN)ccc1Br. The first kappa shape index (κ1) is 16.6. The predicted molar refractivity (Wildman–Crippen MR) is 81.3 cm³/mol. The fourth-order valence-corrected chi connectivity index (χ4v) is 3.76. The summed E-state index contributed by atoms with van der Waals surface area (Å²) >= 11 is 3.27. The van der Waals surface area contributed by atoms with Crippen LogP contribution in [0, 0.1) is 5.92 Å². The smallest absolute Gasteiger partial charge is 0.241 e. The highest BCUT2D eigenvalue weighted by Gasteiger charge is 2.17. The van der Waals surface area contributed by atoms with Crippen LogP contribution in [0.3, 0.4) is 0 Å². The van der Waals surface area contributed by atoms with E-state index in [0.29, 0.717) is 23.5 Å². The van der Waals surface area contributed by atoms with Crippen molar-refractivity contribution in [3.05, 3.63) is 28.2 Å². The molecule has 1 aromatic rings. The molecule has 0 spiro atoms. The monoisotopic (exact) mass is 348 g/mol. The van der Waals surface area contributed by atoms with Crippen molar-refractivity contribution in [3.8, 4) is 0 Å². The number of sulfonamides is 1. The molecule has 0 radical (unpaired) electrons. The molecule has 1 aromatic carbocycles.